The molecular formula is C13H13N3O3S2. The van der Waals surface area contributed by atoms with Gasteiger partial charge in [-0.15, -0.1) is 23.1 Å². The van der Waals surface area contributed by atoms with Crippen LogP contribution in [-0.2, 0) is 9.59 Å². The van der Waals surface area contributed by atoms with Gasteiger partial charge in [-0.2, -0.15) is 0 Å². The summed E-state index contributed by atoms with van der Waals surface area (Å²) in [6, 6.07) is -0.600. The van der Waals surface area contributed by atoms with Gasteiger partial charge in [-0.25, -0.2) is 9.78 Å². The number of nitrogens with two attached hydrogens (primary N) is 1. The SMILES string of the molecule is Cc1csc(C=CC2=C(C(=O)O)N3C(=O)C(N)[C@@H]3SC2)n1. The summed E-state index contributed by atoms with van der Waals surface area (Å²) in [5, 5.41) is 11.9. The zero-order chi connectivity index (χ0) is 15.1. The first-order chi connectivity index (χ1) is 9.99. The van der Waals surface area contributed by atoms with Crippen LogP contribution in [0.1, 0.15) is 10.7 Å². The van der Waals surface area contributed by atoms with E-state index < -0.39 is 12.0 Å². The molecule has 1 saturated heterocycles. The summed E-state index contributed by atoms with van der Waals surface area (Å²) in [7, 11) is 0. The summed E-state index contributed by atoms with van der Waals surface area (Å²) in [4.78, 5) is 28.8. The van der Waals surface area contributed by atoms with Crippen LogP contribution in [0.4, 0.5) is 0 Å². The van der Waals surface area contributed by atoms with Gasteiger partial charge < -0.3 is 10.8 Å². The Morgan fingerprint density at radius 2 is 2.33 bits per heavy atom. The Morgan fingerprint density at radius 1 is 1.57 bits per heavy atom. The fourth-order valence-electron chi connectivity index (χ4n) is 2.29. The molecule has 0 radical (unpaired) electrons. The van der Waals surface area contributed by atoms with Crippen molar-refractivity contribution < 1.29 is 14.7 Å². The van der Waals surface area contributed by atoms with Crippen LogP contribution in [0.25, 0.3) is 6.08 Å². The van der Waals surface area contributed by atoms with E-state index in [-0.39, 0.29) is 17.0 Å². The van der Waals surface area contributed by atoms with E-state index in [1.807, 2.05) is 12.3 Å². The molecule has 0 aromatic carbocycles. The van der Waals surface area contributed by atoms with Gasteiger partial charge in [0.15, 0.2) is 0 Å². The number of fused-ring (bicyclic) bond motifs is 1. The number of carbonyl (C=O) groups is 2. The molecule has 3 heterocycles. The lowest BCUT2D eigenvalue weighted by atomic mass is 10.0. The maximum atomic E-state index is 11.8. The van der Waals surface area contributed by atoms with Crippen LogP contribution < -0.4 is 5.73 Å². The summed E-state index contributed by atoms with van der Waals surface area (Å²) >= 11 is 2.97. The number of thiazole rings is 1. The number of rotatable bonds is 3. The van der Waals surface area contributed by atoms with Gasteiger partial charge >= 0.3 is 5.97 Å². The van der Waals surface area contributed by atoms with Crippen molar-refractivity contribution >= 4 is 41.1 Å². The smallest absolute Gasteiger partial charge is 0.352 e. The first-order valence-electron chi connectivity index (χ1n) is 6.26. The van der Waals surface area contributed by atoms with E-state index in [1.165, 1.54) is 28.0 Å². The van der Waals surface area contributed by atoms with Gasteiger partial charge in [-0.1, -0.05) is 6.08 Å². The molecule has 1 amide bonds. The predicted molar refractivity (Wildman–Crippen MR) is 81.6 cm³/mol. The fraction of sp³-hybridized carbons (Fsp3) is 0.308. The molecule has 3 rings (SSSR count). The summed E-state index contributed by atoms with van der Waals surface area (Å²) in [5.41, 5.74) is 7.27. The topological polar surface area (TPSA) is 96.5 Å². The van der Waals surface area contributed by atoms with Crippen molar-refractivity contribution in [2.24, 2.45) is 5.73 Å². The number of aryl methyl sites for hydroxylation is 1. The van der Waals surface area contributed by atoms with Crippen LogP contribution in [0.2, 0.25) is 0 Å². The second-order valence-corrected chi connectivity index (χ2v) is 6.77. The lowest BCUT2D eigenvalue weighted by Crippen LogP contribution is -2.68. The molecule has 0 saturated carbocycles. The van der Waals surface area contributed by atoms with Gasteiger partial charge in [0.25, 0.3) is 0 Å². The van der Waals surface area contributed by atoms with Gasteiger partial charge in [0.2, 0.25) is 5.91 Å². The maximum Gasteiger partial charge on any atom is 0.352 e. The largest absolute Gasteiger partial charge is 0.477 e. The van der Waals surface area contributed by atoms with E-state index in [4.69, 9.17) is 5.73 Å². The number of hydrogen-bond acceptors (Lipinski definition) is 6. The number of carboxylic acid groups (broad SMARTS) is 1. The van der Waals surface area contributed by atoms with E-state index in [9.17, 15) is 14.7 Å². The van der Waals surface area contributed by atoms with Crippen molar-refractivity contribution in [1.82, 2.24) is 9.88 Å². The Morgan fingerprint density at radius 3 is 2.95 bits per heavy atom. The molecular weight excluding hydrogens is 310 g/mol. The highest BCUT2D eigenvalue weighted by atomic mass is 32.2. The molecule has 21 heavy (non-hydrogen) atoms. The Hall–Kier alpha value is -1.64. The minimum Gasteiger partial charge on any atom is -0.477 e. The molecule has 1 fully saturated rings. The predicted octanol–water partition coefficient (Wildman–Crippen LogP) is 1.05. The van der Waals surface area contributed by atoms with Crippen molar-refractivity contribution in [3.8, 4) is 0 Å². The average Bonchev–Trinajstić information content (AvgIpc) is 2.88. The molecule has 2 aliphatic rings. The number of carboxylic acids is 1. The summed E-state index contributed by atoms with van der Waals surface area (Å²) < 4.78 is 0. The van der Waals surface area contributed by atoms with Crippen LogP contribution in [0.5, 0.6) is 0 Å². The van der Waals surface area contributed by atoms with Crippen LogP contribution >= 0.6 is 23.1 Å². The maximum absolute atomic E-state index is 11.8. The van der Waals surface area contributed by atoms with Crippen LogP contribution in [0, 0.1) is 6.92 Å². The van der Waals surface area contributed by atoms with Crippen molar-refractivity contribution in [2.45, 2.75) is 18.3 Å². The third-order valence-electron chi connectivity index (χ3n) is 3.31. The van der Waals surface area contributed by atoms with Crippen molar-refractivity contribution in [3.05, 3.63) is 33.4 Å². The lowest BCUT2D eigenvalue weighted by molar-refractivity contribution is -0.147. The van der Waals surface area contributed by atoms with Crippen LogP contribution in [0.15, 0.2) is 22.7 Å². The molecule has 1 unspecified atom stereocenters. The van der Waals surface area contributed by atoms with Gasteiger partial charge in [0.05, 0.1) is 0 Å². The van der Waals surface area contributed by atoms with E-state index in [2.05, 4.69) is 4.98 Å². The number of thioether (sulfide) groups is 1. The minimum absolute atomic E-state index is 0.0370. The molecule has 1 aromatic rings. The van der Waals surface area contributed by atoms with Gasteiger partial charge in [-0.05, 0) is 18.6 Å². The molecule has 0 spiro atoms. The number of nitrogens with zero attached hydrogens (tertiary/aromatic N) is 2. The zero-order valence-corrected chi connectivity index (χ0v) is 12.8. The number of allylic oxidation sites excluding steroid dienone is 1. The Labute approximate surface area is 129 Å². The van der Waals surface area contributed by atoms with Gasteiger partial charge in [-0.3, -0.25) is 9.69 Å². The summed E-state index contributed by atoms with van der Waals surface area (Å²) in [6.45, 7) is 1.90. The first-order valence-corrected chi connectivity index (χ1v) is 8.19. The second-order valence-electron chi connectivity index (χ2n) is 4.78. The average molecular weight is 323 g/mol. The Balaban J connectivity index is 1.93. The molecule has 2 atom stereocenters. The molecule has 110 valence electrons. The van der Waals surface area contributed by atoms with Crippen LogP contribution in [-0.4, -0.2) is 44.0 Å². The minimum atomic E-state index is -1.10. The molecule has 6 nitrogen and oxygen atoms in total. The van der Waals surface area contributed by atoms with Crippen molar-refractivity contribution in [3.63, 3.8) is 0 Å². The van der Waals surface area contributed by atoms with Crippen molar-refractivity contribution in [2.75, 3.05) is 5.75 Å². The third kappa shape index (κ3) is 2.39. The van der Waals surface area contributed by atoms with E-state index in [0.29, 0.717) is 11.3 Å². The summed E-state index contributed by atoms with van der Waals surface area (Å²) in [6.07, 6.45) is 3.50. The van der Waals surface area contributed by atoms with Gasteiger partial charge in [0.1, 0.15) is 22.1 Å². The monoisotopic (exact) mass is 323 g/mol. The standard InChI is InChI=1S/C13H13N3O3S2/c1-6-4-20-8(15-6)3-2-7-5-21-12-9(14)11(17)16(12)10(7)13(18)19/h2-4,9,12H,5,14H2,1H3,(H,18,19)/t9?,12-/m0/s1. The van der Waals surface area contributed by atoms with E-state index in [0.717, 1.165) is 10.7 Å². The number of aliphatic carboxylic acids is 1. The Kier molecular flexibility index (Phi) is 3.60. The van der Waals surface area contributed by atoms with Crippen molar-refractivity contribution in [1.29, 1.82) is 0 Å². The highest BCUT2D eigenvalue weighted by molar-refractivity contribution is 8.00. The fourth-order valence-corrected chi connectivity index (χ4v) is 4.24. The number of amides is 1. The third-order valence-corrected chi connectivity index (χ3v) is 5.56. The molecule has 1 aromatic heterocycles. The van der Waals surface area contributed by atoms with Gasteiger partial charge in [0, 0.05) is 16.8 Å². The van der Waals surface area contributed by atoms with E-state index in [1.54, 1.807) is 12.2 Å². The number of hydrogen-bond donors (Lipinski definition) is 2. The number of carbonyl (C=O) groups excluding carboxylic acids is 1. The number of aromatic nitrogens is 1. The molecule has 0 bridgehead atoms. The highest BCUT2D eigenvalue weighted by Crippen LogP contribution is 2.39. The lowest BCUT2D eigenvalue weighted by Gasteiger charge is -2.47. The highest BCUT2D eigenvalue weighted by Gasteiger charge is 2.51. The molecule has 2 aliphatic heterocycles. The zero-order valence-electron chi connectivity index (χ0n) is 11.1. The molecule has 0 aliphatic carbocycles. The first kappa shape index (κ1) is 14.3. The summed E-state index contributed by atoms with van der Waals surface area (Å²) in [5.74, 6) is -0.916. The second kappa shape index (κ2) is 5.28. The Bertz CT molecular complexity index is 680. The van der Waals surface area contributed by atoms with E-state index >= 15 is 0 Å². The molecule has 3 N–H and O–H groups in total. The van der Waals surface area contributed by atoms with Crippen LogP contribution in [0.3, 0.4) is 0 Å². The quantitative estimate of drug-likeness (QED) is 0.807. The molecule has 8 heteroatoms. The normalized spacial score (nSPS) is 25.2. The number of β-lactam (4-membered cyclic amide) rings is 1.